The van der Waals surface area contributed by atoms with Gasteiger partial charge in [-0.3, -0.25) is 4.79 Å². The zero-order valence-corrected chi connectivity index (χ0v) is 15.5. The van der Waals surface area contributed by atoms with Gasteiger partial charge < -0.3 is 15.0 Å². The molecule has 5 rings (SSSR count). The average Bonchev–Trinajstić information content (AvgIpc) is 3.30. The van der Waals surface area contributed by atoms with Crippen LogP contribution in [0.25, 0.3) is 0 Å². The van der Waals surface area contributed by atoms with Gasteiger partial charge in [-0.1, -0.05) is 0 Å². The number of anilines is 1. The summed E-state index contributed by atoms with van der Waals surface area (Å²) in [5.41, 5.74) is 4.37. The van der Waals surface area contributed by atoms with Gasteiger partial charge in [0, 0.05) is 31.1 Å². The minimum absolute atomic E-state index is 0.0394. The highest BCUT2D eigenvalue weighted by Gasteiger charge is 2.33. The Balaban J connectivity index is 1.44. The van der Waals surface area contributed by atoms with Gasteiger partial charge >= 0.3 is 0 Å². The van der Waals surface area contributed by atoms with Crippen LogP contribution in [0.15, 0.2) is 17.2 Å². The van der Waals surface area contributed by atoms with Crippen molar-refractivity contribution in [1.29, 1.82) is 0 Å². The summed E-state index contributed by atoms with van der Waals surface area (Å²) in [5.74, 6) is 0.848. The fourth-order valence-electron chi connectivity index (χ4n) is 4.35. The molecule has 8 nitrogen and oxygen atoms in total. The number of aryl methyl sites for hydroxylation is 2. The lowest BCUT2D eigenvalue weighted by molar-refractivity contribution is 0.182. The molecular formula is C19H24N6O2. The first-order chi connectivity index (χ1) is 13.2. The zero-order chi connectivity index (χ0) is 18.4. The molecule has 0 spiro atoms. The molecule has 142 valence electrons. The van der Waals surface area contributed by atoms with Crippen molar-refractivity contribution < 1.29 is 4.74 Å². The monoisotopic (exact) mass is 368 g/mol. The van der Waals surface area contributed by atoms with Crippen LogP contribution in [-0.2, 0) is 30.5 Å². The molecule has 1 saturated heterocycles. The molecule has 2 aromatic rings. The SMILES string of the molecule is CN1CCc2ncnc(NC3COCC3n3nc4c(cc3=O)CCC4)c2C1. The highest BCUT2D eigenvalue weighted by Crippen LogP contribution is 2.27. The minimum atomic E-state index is -0.129. The van der Waals surface area contributed by atoms with Gasteiger partial charge in [-0.25, -0.2) is 14.6 Å². The smallest absolute Gasteiger partial charge is 0.267 e. The molecule has 8 heteroatoms. The van der Waals surface area contributed by atoms with Crippen molar-refractivity contribution in [2.24, 2.45) is 0 Å². The molecule has 1 N–H and O–H groups in total. The summed E-state index contributed by atoms with van der Waals surface area (Å²) in [6.45, 7) is 2.85. The molecule has 0 amide bonds. The number of likely N-dealkylation sites (N-methyl/N-ethyl adjacent to an activating group) is 1. The fourth-order valence-corrected chi connectivity index (χ4v) is 4.35. The lowest BCUT2D eigenvalue weighted by Crippen LogP contribution is -2.38. The summed E-state index contributed by atoms with van der Waals surface area (Å²) in [7, 11) is 2.11. The van der Waals surface area contributed by atoms with Crippen molar-refractivity contribution in [2.45, 2.75) is 44.3 Å². The number of nitrogens with zero attached hydrogens (tertiary/aromatic N) is 5. The quantitative estimate of drug-likeness (QED) is 0.847. The molecule has 0 radical (unpaired) electrons. The van der Waals surface area contributed by atoms with Gasteiger partial charge in [0.15, 0.2) is 0 Å². The predicted molar refractivity (Wildman–Crippen MR) is 99.9 cm³/mol. The normalized spacial score (nSPS) is 24.6. The van der Waals surface area contributed by atoms with Crippen molar-refractivity contribution >= 4 is 5.82 Å². The van der Waals surface area contributed by atoms with Gasteiger partial charge in [-0.15, -0.1) is 0 Å². The number of hydrogen-bond acceptors (Lipinski definition) is 7. The van der Waals surface area contributed by atoms with E-state index < -0.39 is 0 Å². The number of fused-ring (bicyclic) bond motifs is 2. The standard InChI is InChI=1S/C19H24N6O2/c1-24-6-5-15-13(8-24)19(21-11-20-15)22-16-9-27-10-17(16)25-18(26)7-12-3-2-4-14(12)23-25/h7,11,16-17H,2-6,8-10H2,1H3,(H,20,21,22). The van der Waals surface area contributed by atoms with Gasteiger partial charge in [-0.2, -0.15) is 5.10 Å². The van der Waals surface area contributed by atoms with Gasteiger partial charge in [0.2, 0.25) is 0 Å². The lowest BCUT2D eigenvalue weighted by Gasteiger charge is -2.27. The molecule has 2 unspecified atom stereocenters. The first-order valence-electron chi connectivity index (χ1n) is 9.66. The summed E-state index contributed by atoms with van der Waals surface area (Å²) in [5, 5.41) is 8.20. The van der Waals surface area contributed by atoms with E-state index in [1.165, 1.54) is 0 Å². The number of nitrogens with one attached hydrogen (secondary N) is 1. The highest BCUT2D eigenvalue weighted by atomic mass is 16.5. The molecule has 0 saturated carbocycles. The second-order valence-corrected chi connectivity index (χ2v) is 7.74. The van der Waals surface area contributed by atoms with Crippen molar-refractivity contribution in [3.8, 4) is 0 Å². The summed E-state index contributed by atoms with van der Waals surface area (Å²) in [4.78, 5) is 23.8. The molecule has 2 atom stereocenters. The number of hydrogen-bond donors (Lipinski definition) is 1. The maximum Gasteiger partial charge on any atom is 0.267 e. The van der Waals surface area contributed by atoms with E-state index in [4.69, 9.17) is 4.74 Å². The molecule has 1 fully saturated rings. The van der Waals surface area contributed by atoms with Crippen LogP contribution >= 0.6 is 0 Å². The van der Waals surface area contributed by atoms with Gasteiger partial charge in [0.25, 0.3) is 5.56 Å². The summed E-state index contributed by atoms with van der Waals surface area (Å²) in [6.07, 6.45) is 5.54. The third kappa shape index (κ3) is 3.02. The molecular weight excluding hydrogens is 344 g/mol. The van der Waals surface area contributed by atoms with Gasteiger partial charge in [0.05, 0.1) is 30.6 Å². The molecule has 4 heterocycles. The number of ether oxygens (including phenoxy) is 1. The van der Waals surface area contributed by atoms with Crippen molar-refractivity contribution in [3.05, 3.63) is 45.3 Å². The van der Waals surface area contributed by atoms with Gasteiger partial charge in [-0.05, 0) is 31.9 Å². The van der Waals surface area contributed by atoms with Gasteiger partial charge in [0.1, 0.15) is 18.2 Å². The Labute approximate surface area is 157 Å². The molecule has 2 aliphatic heterocycles. The van der Waals surface area contributed by atoms with Crippen LogP contribution in [0.5, 0.6) is 0 Å². The van der Waals surface area contributed by atoms with Crippen LogP contribution in [0.2, 0.25) is 0 Å². The Bertz CT molecular complexity index is 927. The topological polar surface area (TPSA) is 85.2 Å². The van der Waals surface area contributed by atoms with E-state index in [1.807, 2.05) is 0 Å². The molecule has 2 aromatic heterocycles. The first-order valence-corrected chi connectivity index (χ1v) is 9.66. The number of aromatic nitrogens is 4. The Hall–Kier alpha value is -2.32. The summed E-state index contributed by atoms with van der Waals surface area (Å²) >= 11 is 0. The highest BCUT2D eigenvalue weighted by molar-refractivity contribution is 5.48. The molecule has 0 aromatic carbocycles. The van der Waals surface area contributed by atoms with Crippen molar-refractivity contribution in [1.82, 2.24) is 24.6 Å². The van der Waals surface area contributed by atoms with Crippen LogP contribution in [0, 0.1) is 0 Å². The second-order valence-electron chi connectivity index (χ2n) is 7.74. The summed E-state index contributed by atoms with van der Waals surface area (Å²) < 4.78 is 7.34. The third-order valence-electron chi connectivity index (χ3n) is 5.86. The van der Waals surface area contributed by atoms with E-state index in [-0.39, 0.29) is 17.6 Å². The van der Waals surface area contributed by atoms with Crippen LogP contribution in [0.1, 0.15) is 35.0 Å². The first kappa shape index (κ1) is 16.8. The average molecular weight is 368 g/mol. The van der Waals surface area contributed by atoms with Crippen LogP contribution in [0.3, 0.4) is 0 Å². The fraction of sp³-hybridized carbons (Fsp3) is 0.579. The maximum atomic E-state index is 12.6. The van der Waals surface area contributed by atoms with Crippen molar-refractivity contribution in [3.63, 3.8) is 0 Å². The van der Waals surface area contributed by atoms with E-state index in [2.05, 4.69) is 32.3 Å². The maximum absolute atomic E-state index is 12.6. The molecule has 0 bridgehead atoms. The minimum Gasteiger partial charge on any atom is -0.377 e. The second kappa shape index (κ2) is 6.69. The van der Waals surface area contributed by atoms with E-state index in [1.54, 1.807) is 17.1 Å². The van der Waals surface area contributed by atoms with E-state index in [0.29, 0.717) is 13.2 Å². The Kier molecular flexibility index (Phi) is 4.17. The Morgan fingerprint density at radius 2 is 2.11 bits per heavy atom. The van der Waals surface area contributed by atoms with Crippen LogP contribution < -0.4 is 10.9 Å². The van der Waals surface area contributed by atoms with E-state index in [0.717, 1.165) is 67.1 Å². The molecule has 1 aliphatic carbocycles. The summed E-state index contributed by atoms with van der Waals surface area (Å²) in [6, 6.07) is 1.59. The molecule has 27 heavy (non-hydrogen) atoms. The van der Waals surface area contributed by atoms with E-state index >= 15 is 0 Å². The van der Waals surface area contributed by atoms with Crippen molar-refractivity contribution in [2.75, 3.05) is 32.1 Å². The predicted octanol–water partition coefficient (Wildman–Crippen LogP) is 0.562. The number of rotatable bonds is 3. The van der Waals surface area contributed by atoms with Crippen LogP contribution in [-0.4, -0.2) is 57.5 Å². The zero-order valence-electron chi connectivity index (χ0n) is 15.5. The van der Waals surface area contributed by atoms with E-state index in [9.17, 15) is 4.79 Å². The van der Waals surface area contributed by atoms with Crippen LogP contribution in [0.4, 0.5) is 5.82 Å². The Morgan fingerprint density at radius 3 is 3.04 bits per heavy atom. The Morgan fingerprint density at radius 1 is 1.19 bits per heavy atom. The molecule has 3 aliphatic rings. The third-order valence-corrected chi connectivity index (χ3v) is 5.86. The lowest BCUT2D eigenvalue weighted by atomic mass is 10.1. The largest absolute Gasteiger partial charge is 0.377 e.